The number of esters is 1. The van der Waals surface area contributed by atoms with E-state index in [-0.39, 0.29) is 23.8 Å². The van der Waals surface area contributed by atoms with Crippen LogP contribution in [0.3, 0.4) is 0 Å². The molecule has 0 saturated heterocycles. The van der Waals surface area contributed by atoms with Crippen LogP contribution in [0.4, 0.5) is 4.39 Å². The lowest BCUT2D eigenvalue weighted by molar-refractivity contribution is -0.142. The van der Waals surface area contributed by atoms with E-state index in [9.17, 15) is 19.1 Å². The molecule has 0 saturated carbocycles. The summed E-state index contributed by atoms with van der Waals surface area (Å²) in [5, 5.41) is 11.5. The Kier molecular flexibility index (Phi) is 7.10. The molecule has 1 aromatic heterocycles. The Bertz CT molecular complexity index is 1230. The summed E-state index contributed by atoms with van der Waals surface area (Å²) in [7, 11) is 2.69. The number of methoxy groups -OCH3 is 2. The van der Waals surface area contributed by atoms with E-state index in [1.165, 1.54) is 32.4 Å². The van der Waals surface area contributed by atoms with Crippen LogP contribution in [0.1, 0.15) is 31.9 Å². The lowest BCUT2D eigenvalue weighted by Crippen LogP contribution is -2.25. The van der Waals surface area contributed by atoms with Gasteiger partial charge in [-0.25, -0.2) is 4.39 Å². The third-order valence-corrected chi connectivity index (χ3v) is 5.19. The molecule has 32 heavy (non-hydrogen) atoms. The van der Waals surface area contributed by atoms with Crippen LogP contribution in [0.15, 0.2) is 53.3 Å². The Morgan fingerprint density at radius 3 is 2.47 bits per heavy atom. The van der Waals surface area contributed by atoms with Gasteiger partial charge in [-0.2, -0.15) is 0 Å². The molecule has 0 aliphatic rings. The normalized spacial score (nSPS) is 12.5. The highest BCUT2D eigenvalue weighted by molar-refractivity contribution is 5.96. The number of aliphatic hydroxyl groups is 1. The molecule has 2 aromatic carbocycles. The fraction of sp³-hybridized carbons (Fsp3) is 0.280. The highest BCUT2D eigenvalue weighted by Gasteiger charge is 2.21. The lowest BCUT2D eigenvalue weighted by Gasteiger charge is -2.22. The predicted octanol–water partition coefficient (Wildman–Crippen LogP) is 4.33. The number of hydrogen-bond acceptors (Lipinski definition) is 5. The first-order chi connectivity index (χ1) is 15.3. The van der Waals surface area contributed by atoms with Crippen LogP contribution in [-0.4, -0.2) is 36.0 Å². The molecule has 1 heterocycles. The average Bonchev–Trinajstić information content (AvgIpc) is 2.77. The summed E-state index contributed by atoms with van der Waals surface area (Å²) in [4.78, 5) is 24.9. The number of rotatable bonds is 7. The number of ether oxygens (including phenoxy) is 2. The number of halogens is 1. The summed E-state index contributed by atoms with van der Waals surface area (Å²) in [5.74, 6) is -0.728. The Balaban J connectivity index is 2.38. The topological polar surface area (TPSA) is 77.8 Å². The molecule has 0 bridgehead atoms. The highest BCUT2D eigenvalue weighted by Crippen LogP contribution is 2.37. The number of pyridine rings is 1. The highest BCUT2D eigenvalue weighted by atomic mass is 19.1. The minimum absolute atomic E-state index is 0.191. The zero-order chi connectivity index (χ0) is 23.4. The second kappa shape index (κ2) is 9.78. The van der Waals surface area contributed by atoms with Gasteiger partial charge in [-0.05, 0) is 37.4 Å². The lowest BCUT2D eigenvalue weighted by atomic mass is 9.96. The van der Waals surface area contributed by atoms with Crippen molar-refractivity contribution in [3.05, 3.63) is 70.3 Å². The first-order valence-corrected chi connectivity index (χ1v) is 10.2. The molecule has 1 atom stereocenters. The number of fused-ring (bicyclic) bond motifs is 1. The molecule has 0 amide bonds. The number of hydrogen-bond donors (Lipinski definition) is 1. The van der Waals surface area contributed by atoms with E-state index in [2.05, 4.69) is 4.74 Å². The van der Waals surface area contributed by atoms with Gasteiger partial charge in [-0.3, -0.25) is 9.59 Å². The van der Waals surface area contributed by atoms with Gasteiger partial charge in [0.2, 0.25) is 0 Å². The Morgan fingerprint density at radius 2 is 1.84 bits per heavy atom. The van der Waals surface area contributed by atoms with Crippen molar-refractivity contribution in [1.29, 1.82) is 0 Å². The molecule has 3 aromatic rings. The summed E-state index contributed by atoms with van der Waals surface area (Å²) in [6.07, 6.45) is 1.87. The van der Waals surface area contributed by atoms with E-state index in [0.717, 1.165) is 0 Å². The van der Waals surface area contributed by atoms with Crippen LogP contribution >= 0.6 is 0 Å². The summed E-state index contributed by atoms with van der Waals surface area (Å²) < 4.78 is 25.6. The van der Waals surface area contributed by atoms with E-state index in [4.69, 9.17) is 4.74 Å². The summed E-state index contributed by atoms with van der Waals surface area (Å²) in [5.41, 5.74) is 1.52. The molecule has 1 N–H and O–H groups in total. The van der Waals surface area contributed by atoms with Gasteiger partial charge in [-0.1, -0.05) is 30.4 Å². The summed E-state index contributed by atoms with van der Waals surface area (Å²) in [6, 6.07) is 11.1. The quantitative estimate of drug-likeness (QED) is 0.555. The van der Waals surface area contributed by atoms with Crippen LogP contribution in [0.5, 0.6) is 5.75 Å². The Morgan fingerprint density at radius 1 is 1.16 bits per heavy atom. The van der Waals surface area contributed by atoms with E-state index >= 15 is 0 Å². The Labute approximate surface area is 185 Å². The second-order valence-corrected chi connectivity index (χ2v) is 7.63. The number of aliphatic hydroxyl groups excluding tert-OH is 1. The minimum atomic E-state index is -1.08. The van der Waals surface area contributed by atoms with Crippen LogP contribution in [-0.2, 0) is 9.53 Å². The Hall–Kier alpha value is -3.45. The van der Waals surface area contributed by atoms with E-state index in [1.807, 2.05) is 26.0 Å². The van der Waals surface area contributed by atoms with Gasteiger partial charge < -0.3 is 19.1 Å². The fourth-order valence-electron chi connectivity index (χ4n) is 3.72. The van der Waals surface area contributed by atoms with Crippen LogP contribution in [0.25, 0.3) is 28.1 Å². The summed E-state index contributed by atoms with van der Waals surface area (Å²) in [6.45, 7) is 3.77. The van der Waals surface area contributed by atoms with Crippen molar-refractivity contribution in [2.24, 2.45) is 0 Å². The van der Waals surface area contributed by atoms with Crippen LogP contribution in [0.2, 0.25) is 0 Å². The van der Waals surface area contributed by atoms with Crippen molar-refractivity contribution < 1.29 is 23.8 Å². The molecule has 168 valence electrons. The zero-order valence-corrected chi connectivity index (χ0v) is 18.5. The van der Waals surface area contributed by atoms with Gasteiger partial charge >= 0.3 is 5.97 Å². The first kappa shape index (κ1) is 23.2. The molecule has 0 aliphatic heterocycles. The van der Waals surface area contributed by atoms with Crippen molar-refractivity contribution in [2.45, 2.75) is 32.4 Å². The van der Waals surface area contributed by atoms with Crippen molar-refractivity contribution in [1.82, 2.24) is 4.57 Å². The van der Waals surface area contributed by atoms with Crippen molar-refractivity contribution in [3.8, 4) is 17.0 Å². The molecule has 0 fully saturated rings. The maximum Gasteiger partial charge on any atom is 0.308 e. The van der Waals surface area contributed by atoms with Gasteiger partial charge in [-0.15, -0.1) is 0 Å². The summed E-state index contributed by atoms with van der Waals surface area (Å²) >= 11 is 0. The first-order valence-electron chi connectivity index (χ1n) is 10.2. The monoisotopic (exact) mass is 439 g/mol. The third kappa shape index (κ3) is 4.57. The van der Waals surface area contributed by atoms with Gasteiger partial charge in [0.05, 0.1) is 32.4 Å². The maximum absolute atomic E-state index is 13.9. The molecule has 1 unspecified atom stereocenters. The van der Waals surface area contributed by atoms with E-state index in [0.29, 0.717) is 27.6 Å². The van der Waals surface area contributed by atoms with Crippen molar-refractivity contribution in [3.63, 3.8) is 0 Å². The van der Waals surface area contributed by atoms with E-state index < -0.39 is 17.9 Å². The van der Waals surface area contributed by atoms with Gasteiger partial charge in [0, 0.05) is 28.6 Å². The largest absolute Gasteiger partial charge is 0.496 e. The van der Waals surface area contributed by atoms with Crippen molar-refractivity contribution >= 4 is 22.8 Å². The standard InChI is InChI=1S/C25H26FNO5/c1-15(2)27-24(21-11-9-16(26)13-22(21)31-3)19(12-10-17(28)14-23(29)32-4)18-7-5-6-8-20(18)25(27)30/h5-13,15,17,28H,14H2,1-4H3/b12-10+. The molecule has 7 heteroatoms. The SMILES string of the molecule is COC(=O)CC(O)/C=C/c1c(-c2ccc(F)cc2OC)n(C(C)C)c(=O)c2ccccc12. The van der Waals surface area contributed by atoms with Crippen LogP contribution in [0, 0.1) is 5.82 Å². The van der Waals surface area contributed by atoms with Crippen molar-refractivity contribution in [2.75, 3.05) is 14.2 Å². The maximum atomic E-state index is 13.9. The number of nitrogens with zero attached hydrogens (tertiary/aromatic N) is 1. The smallest absolute Gasteiger partial charge is 0.308 e. The van der Waals surface area contributed by atoms with Gasteiger partial charge in [0.25, 0.3) is 5.56 Å². The molecule has 0 spiro atoms. The average molecular weight is 439 g/mol. The van der Waals surface area contributed by atoms with Gasteiger partial charge in [0.1, 0.15) is 11.6 Å². The number of aromatic nitrogens is 1. The number of carbonyl (C=O) groups is 1. The molecule has 0 aliphatic carbocycles. The second-order valence-electron chi connectivity index (χ2n) is 7.63. The number of carbonyl (C=O) groups excluding carboxylic acids is 1. The number of benzene rings is 2. The molecular formula is C25H26FNO5. The molecule has 6 nitrogen and oxygen atoms in total. The molecule has 3 rings (SSSR count). The van der Waals surface area contributed by atoms with E-state index in [1.54, 1.807) is 28.8 Å². The zero-order valence-electron chi connectivity index (χ0n) is 18.5. The molecule has 0 radical (unpaired) electrons. The third-order valence-electron chi connectivity index (χ3n) is 5.19. The van der Waals surface area contributed by atoms with Crippen LogP contribution < -0.4 is 10.3 Å². The minimum Gasteiger partial charge on any atom is -0.496 e. The predicted molar refractivity (Wildman–Crippen MR) is 122 cm³/mol. The van der Waals surface area contributed by atoms with Gasteiger partial charge in [0.15, 0.2) is 0 Å². The molecular weight excluding hydrogens is 413 g/mol. The fourth-order valence-corrected chi connectivity index (χ4v) is 3.72.